The highest BCUT2D eigenvalue weighted by Gasteiger charge is 2.24. The monoisotopic (exact) mass is 384 g/mol. The molecule has 0 amide bonds. The van der Waals surface area contributed by atoms with Gasteiger partial charge in [0.2, 0.25) is 0 Å². The van der Waals surface area contributed by atoms with Crippen LogP contribution in [0, 0.1) is 11.8 Å². The molecule has 1 aromatic rings. The fourth-order valence-corrected chi connectivity index (χ4v) is 4.43. The van der Waals surface area contributed by atoms with E-state index in [0.717, 1.165) is 43.8 Å². The Morgan fingerprint density at radius 1 is 1.14 bits per heavy atom. The van der Waals surface area contributed by atoms with Crippen molar-refractivity contribution < 1.29 is 10.2 Å². The molecule has 28 heavy (non-hydrogen) atoms. The number of aliphatic hydroxyl groups is 1. The summed E-state index contributed by atoms with van der Waals surface area (Å²) in [5.74, 6) is 2.14. The molecule has 0 saturated carbocycles. The van der Waals surface area contributed by atoms with Crippen LogP contribution in [0.2, 0.25) is 0 Å². The predicted molar refractivity (Wildman–Crippen MR) is 117 cm³/mol. The van der Waals surface area contributed by atoms with Crippen molar-refractivity contribution in [3.05, 3.63) is 48.4 Å². The van der Waals surface area contributed by atoms with E-state index in [4.69, 9.17) is 0 Å². The Balaban J connectivity index is 0.000000231. The molecule has 3 saturated heterocycles. The van der Waals surface area contributed by atoms with E-state index in [9.17, 15) is 10.2 Å². The highest BCUT2D eigenvalue weighted by Crippen LogP contribution is 2.28. The minimum Gasteiger partial charge on any atom is -0.508 e. The van der Waals surface area contributed by atoms with Crippen molar-refractivity contribution in [3.8, 4) is 5.75 Å². The lowest BCUT2D eigenvalue weighted by Gasteiger charge is -2.38. The minimum absolute atomic E-state index is 0.223. The lowest BCUT2D eigenvalue weighted by molar-refractivity contribution is 0.111. The second kappa shape index (κ2) is 10.6. The van der Waals surface area contributed by atoms with Crippen molar-refractivity contribution >= 4 is 5.69 Å². The van der Waals surface area contributed by atoms with Gasteiger partial charge in [0, 0.05) is 18.3 Å². The summed E-state index contributed by atoms with van der Waals surface area (Å²) in [5.41, 5.74) is 0.835. The Morgan fingerprint density at radius 3 is 2.39 bits per heavy atom. The molecule has 3 aliphatic heterocycles. The zero-order valence-corrected chi connectivity index (χ0v) is 17.3. The van der Waals surface area contributed by atoms with Crippen LogP contribution < -0.4 is 4.90 Å². The summed E-state index contributed by atoms with van der Waals surface area (Å²) in [7, 11) is 0. The van der Waals surface area contributed by atoms with Crippen LogP contribution in [0.15, 0.2) is 48.4 Å². The molecule has 1 aromatic carbocycles. The summed E-state index contributed by atoms with van der Waals surface area (Å²) in [4.78, 5) is 4.48. The molecule has 4 nitrogen and oxygen atoms in total. The average molecular weight is 385 g/mol. The number of allylic oxidation sites excluding steroid dienone is 3. The van der Waals surface area contributed by atoms with E-state index in [1.807, 2.05) is 24.0 Å². The number of aromatic hydroxyl groups is 1. The van der Waals surface area contributed by atoms with Crippen LogP contribution in [0.4, 0.5) is 5.69 Å². The molecule has 154 valence electrons. The van der Waals surface area contributed by atoms with Gasteiger partial charge in [-0.15, -0.1) is 0 Å². The van der Waals surface area contributed by atoms with Gasteiger partial charge in [-0.05, 0) is 94.6 Å². The smallest absolute Gasteiger partial charge is 0.187 e. The topological polar surface area (TPSA) is 46.9 Å². The summed E-state index contributed by atoms with van der Waals surface area (Å²) in [6.45, 7) is 6.95. The van der Waals surface area contributed by atoms with E-state index in [-0.39, 0.29) is 11.6 Å². The summed E-state index contributed by atoms with van der Waals surface area (Å²) in [6.07, 6.45) is 14.8. The Hall–Kier alpha value is -1.94. The average Bonchev–Trinajstić information content (AvgIpc) is 2.75. The maximum Gasteiger partial charge on any atom is 0.187 e. The van der Waals surface area contributed by atoms with Crippen LogP contribution in [-0.2, 0) is 0 Å². The van der Waals surface area contributed by atoms with Crippen LogP contribution in [0.3, 0.4) is 0 Å². The minimum atomic E-state index is 0.223. The largest absolute Gasteiger partial charge is 0.508 e. The maximum atomic E-state index is 10.3. The number of phenols is 1. The highest BCUT2D eigenvalue weighted by atomic mass is 16.3. The van der Waals surface area contributed by atoms with Crippen molar-refractivity contribution in [2.45, 2.75) is 51.9 Å². The molecule has 1 atom stereocenters. The van der Waals surface area contributed by atoms with Gasteiger partial charge >= 0.3 is 0 Å². The highest BCUT2D eigenvalue weighted by molar-refractivity contribution is 5.54. The van der Waals surface area contributed by atoms with E-state index in [2.05, 4.69) is 17.1 Å². The molecule has 1 aliphatic carbocycles. The molecule has 2 N–H and O–H groups in total. The van der Waals surface area contributed by atoms with Crippen LogP contribution in [0.25, 0.3) is 0 Å². The van der Waals surface area contributed by atoms with Crippen LogP contribution in [-0.4, -0.2) is 41.3 Å². The third-order valence-electron chi connectivity index (χ3n) is 6.18. The molecular formula is C24H36N2O2. The summed E-state index contributed by atoms with van der Waals surface area (Å²) < 4.78 is 0. The van der Waals surface area contributed by atoms with Gasteiger partial charge in [0.15, 0.2) is 5.88 Å². The predicted octanol–water partition coefficient (Wildman–Crippen LogP) is 5.47. The molecule has 5 rings (SSSR count). The normalized spacial score (nSPS) is 26.5. The number of fused-ring (bicyclic) bond motifs is 3. The zero-order valence-electron chi connectivity index (χ0n) is 17.3. The Bertz CT molecular complexity index is 639. The zero-order chi connectivity index (χ0) is 19.8. The van der Waals surface area contributed by atoms with E-state index < -0.39 is 0 Å². The Morgan fingerprint density at radius 2 is 1.89 bits per heavy atom. The van der Waals surface area contributed by atoms with Gasteiger partial charge in [0.1, 0.15) is 5.75 Å². The van der Waals surface area contributed by atoms with Crippen molar-refractivity contribution in [2.24, 2.45) is 11.8 Å². The molecule has 1 unspecified atom stereocenters. The first-order chi connectivity index (χ1) is 13.7. The van der Waals surface area contributed by atoms with Crippen molar-refractivity contribution in [1.29, 1.82) is 0 Å². The van der Waals surface area contributed by atoms with Crippen LogP contribution in [0.5, 0.6) is 5.75 Å². The molecule has 2 bridgehead atoms. The first-order valence-corrected chi connectivity index (χ1v) is 11.0. The van der Waals surface area contributed by atoms with Crippen molar-refractivity contribution in [2.75, 3.05) is 31.1 Å². The molecule has 0 spiro atoms. The molecule has 3 fully saturated rings. The molecular weight excluding hydrogens is 348 g/mol. The second-order valence-corrected chi connectivity index (χ2v) is 8.33. The van der Waals surface area contributed by atoms with Gasteiger partial charge in [0.25, 0.3) is 0 Å². The molecule has 4 heteroatoms. The Kier molecular flexibility index (Phi) is 7.84. The number of hydrogen-bond donors (Lipinski definition) is 2. The third kappa shape index (κ3) is 6.03. The maximum absolute atomic E-state index is 10.3. The standard InChI is InChI=1S/C17H23NO2.C7H13N/c1-2-7-17(20)18(13-14-8-4-3-5-9-14)15-10-6-11-16(19)12-15;1-4-8-5-2-7(1)3-6-8/h3-4,6-7,10-12,14,19-20H,2,5,8-9,13H2,1H3;7H,1-6H2/b17-7+;. The number of benzene rings is 1. The van der Waals surface area contributed by atoms with E-state index in [1.165, 1.54) is 38.9 Å². The quantitative estimate of drug-likeness (QED) is 0.522. The fraction of sp³-hybridized carbons (Fsp3) is 0.583. The van der Waals surface area contributed by atoms with E-state index >= 15 is 0 Å². The molecule has 4 aliphatic rings. The number of rotatable bonds is 5. The van der Waals surface area contributed by atoms with Crippen LogP contribution >= 0.6 is 0 Å². The number of hydrogen-bond acceptors (Lipinski definition) is 4. The summed E-state index contributed by atoms with van der Waals surface area (Å²) in [5, 5.41) is 19.9. The van der Waals surface area contributed by atoms with Gasteiger partial charge in [-0.25, -0.2) is 0 Å². The summed E-state index contributed by atoms with van der Waals surface area (Å²) in [6, 6.07) is 7.06. The van der Waals surface area contributed by atoms with Gasteiger partial charge in [-0.2, -0.15) is 0 Å². The summed E-state index contributed by atoms with van der Waals surface area (Å²) >= 11 is 0. The SMILES string of the molecule is C1CN2CCC1CC2.CC/C=C(/O)N(CC1CC=CCC1)c1cccc(O)c1. The number of piperidine rings is 3. The van der Waals surface area contributed by atoms with E-state index in [1.54, 1.807) is 18.2 Å². The molecule has 0 aromatic heterocycles. The lowest BCUT2D eigenvalue weighted by atomic mass is 9.89. The molecule has 3 heterocycles. The number of phenolic OH excluding ortho intramolecular Hbond substituents is 1. The lowest BCUT2D eigenvalue weighted by Crippen LogP contribution is -2.41. The van der Waals surface area contributed by atoms with Gasteiger partial charge in [0.05, 0.1) is 0 Å². The van der Waals surface area contributed by atoms with Crippen LogP contribution in [0.1, 0.15) is 51.9 Å². The number of anilines is 1. The first kappa shape index (κ1) is 20.8. The van der Waals surface area contributed by atoms with Gasteiger partial charge < -0.3 is 20.0 Å². The van der Waals surface area contributed by atoms with Crippen molar-refractivity contribution in [3.63, 3.8) is 0 Å². The van der Waals surface area contributed by atoms with E-state index in [0.29, 0.717) is 5.92 Å². The second-order valence-electron chi connectivity index (χ2n) is 8.33. The van der Waals surface area contributed by atoms with Gasteiger partial charge in [-0.3, -0.25) is 0 Å². The first-order valence-electron chi connectivity index (χ1n) is 11.0. The molecule has 0 radical (unpaired) electrons. The third-order valence-corrected chi connectivity index (χ3v) is 6.18. The van der Waals surface area contributed by atoms with Crippen molar-refractivity contribution in [1.82, 2.24) is 4.90 Å². The Labute approximate surface area is 170 Å². The number of nitrogens with zero attached hydrogens (tertiary/aromatic N) is 2. The van der Waals surface area contributed by atoms with Gasteiger partial charge in [-0.1, -0.05) is 25.1 Å². The fourth-order valence-electron chi connectivity index (χ4n) is 4.43. The number of aliphatic hydroxyl groups excluding tert-OH is 1.